The predicted molar refractivity (Wildman–Crippen MR) is 157 cm³/mol. The molecule has 2 saturated heterocycles. The molecule has 5 rings (SSSR count). The number of piperazine rings is 1. The van der Waals surface area contributed by atoms with Gasteiger partial charge in [-0.2, -0.15) is 0 Å². The zero-order valence-electron chi connectivity index (χ0n) is 23.0. The lowest BCUT2D eigenvalue weighted by Crippen LogP contribution is -2.56. The second kappa shape index (κ2) is 11.0. The summed E-state index contributed by atoms with van der Waals surface area (Å²) < 4.78 is 0. The molecule has 38 heavy (non-hydrogen) atoms. The SMILES string of the molecule is C=CC(=O)N1CCN(C2=NCN(c3ccccc3C(C)C)c3nc(N4CCCC[C@@H]4C)c(Cl)cc32)[C@@H](C)C1. The Morgan fingerprint density at radius 1 is 1.08 bits per heavy atom. The van der Waals surface area contributed by atoms with Crippen LogP contribution in [0.2, 0.25) is 5.02 Å². The van der Waals surface area contributed by atoms with Gasteiger partial charge in [-0.15, -0.1) is 0 Å². The van der Waals surface area contributed by atoms with Gasteiger partial charge in [0.15, 0.2) is 0 Å². The van der Waals surface area contributed by atoms with Crippen LogP contribution in [0.5, 0.6) is 0 Å². The molecule has 2 aromatic rings. The fourth-order valence-electron chi connectivity index (χ4n) is 6.00. The summed E-state index contributed by atoms with van der Waals surface area (Å²) in [6, 6.07) is 11.1. The lowest BCUT2D eigenvalue weighted by atomic mass is 9.99. The van der Waals surface area contributed by atoms with Crippen molar-refractivity contribution in [1.29, 1.82) is 0 Å². The van der Waals surface area contributed by atoms with E-state index in [2.05, 4.69) is 79.3 Å². The lowest BCUT2D eigenvalue weighted by molar-refractivity contribution is -0.128. The average molecular weight is 535 g/mol. The minimum atomic E-state index is -0.0241. The Balaban J connectivity index is 1.59. The molecule has 0 aliphatic carbocycles. The molecule has 1 aromatic heterocycles. The average Bonchev–Trinajstić information content (AvgIpc) is 2.92. The van der Waals surface area contributed by atoms with Crippen molar-refractivity contribution in [1.82, 2.24) is 14.8 Å². The van der Waals surface area contributed by atoms with Gasteiger partial charge >= 0.3 is 0 Å². The summed E-state index contributed by atoms with van der Waals surface area (Å²) in [5.74, 6) is 3.01. The van der Waals surface area contributed by atoms with E-state index in [9.17, 15) is 4.79 Å². The lowest BCUT2D eigenvalue weighted by Gasteiger charge is -2.43. The maximum Gasteiger partial charge on any atom is 0.246 e. The molecule has 0 unspecified atom stereocenters. The summed E-state index contributed by atoms with van der Waals surface area (Å²) in [7, 11) is 0. The Morgan fingerprint density at radius 3 is 2.58 bits per heavy atom. The molecule has 0 bridgehead atoms. The fraction of sp³-hybridized carbons (Fsp3) is 0.500. The highest BCUT2D eigenvalue weighted by Gasteiger charge is 2.35. The van der Waals surface area contributed by atoms with Crippen LogP contribution in [0.3, 0.4) is 0 Å². The van der Waals surface area contributed by atoms with Crippen LogP contribution in [-0.4, -0.2) is 71.5 Å². The molecule has 3 aliphatic heterocycles. The molecule has 202 valence electrons. The molecule has 2 atom stereocenters. The van der Waals surface area contributed by atoms with E-state index >= 15 is 0 Å². The van der Waals surface area contributed by atoms with Gasteiger partial charge < -0.3 is 19.6 Å². The van der Waals surface area contributed by atoms with Crippen LogP contribution < -0.4 is 9.80 Å². The Morgan fingerprint density at radius 2 is 1.87 bits per heavy atom. The van der Waals surface area contributed by atoms with E-state index in [1.54, 1.807) is 0 Å². The zero-order chi connectivity index (χ0) is 27.0. The summed E-state index contributed by atoms with van der Waals surface area (Å²) in [5.41, 5.74) is 3.35. The van der Waals surface area contributed by atoms with E-state index in [0.29, 0.717) is 43.3 Å². The van der Waals surface area contributed by atoms with Crippen LogP contribution in [0, 0.1) is 0 Å². The van der Waals surface area contributed by atoms with E-state index in [1.165, 1.54) is 18.1 Å². The maximum atomic E-state index is 12.3. The molecule has 0 N–H and O–H groups in total. The molecule has 0 radical (unpaired) electrons. The standard InChI is InChI=1S/C30H39ClN6O/c1-6-27(38)34-15-16-36(22(5)18-34)28-24-17-25(31)30(35-14-10-9-11-21(35)4)33-29(24)37(19-32-28)26-13-8-7-12-23(26)20(2)3/h6-8,12-13,17,20-22H,1,9-11,14-16,18-19H2,2-5H3/t21-,22-/m0/s1. The summed E-state index contributed by atoms with van der Waals surface area (Å²) in [5, 5.41) is 0.664. The summed E-state index contributed by atoms with van der Waals surface area (Å²) in [6.45, 7) is 15.9. The minimum Gasteiger partial charge on any atom is -0.353 e. The number of nitrogens with zero attached hydrogens (tertiary/aromatic N) is 6. The van der Waals surface area contributed by atoms with Crippen molar-refractivity contribution < 1.29 is 4.79 Å². The van der Waals surface area contributed by atoms with Crippen molar-refractivity contribution >= 4 is 40.7 Å². The number of benzene rings is 1. The number of carbonyl (C=O) groups is 1. The second-order valence-electron chi connectivity index (χ2n) is 11.0. The van der Waals surface area contributed by atoms with Crippen molar-refractivity contribution in [2.45, 2.75) is 65.0 Å². The van der Waals surface area contributed by atoms with Gasteiger partial charge in [-0.1, -0.05) is 50.2 Å². The topological polar surface area (TPSA) is 55.3 Å². The van der Waals surface area contributed by atoms with Crippen molar-refractivity contribution in [2.75, 3.05) is 42.6 Å². The second-order valence-corrected chi connectivity index (χ2v) is 11.4. The number of rotatable bonds is 4. The predicted octanol–water partition coefficient (Wildman–Crippen LogP) is 5.81. The van der Waals surface area contributed by atoms with E-state index in [0.717, 1.165) is 48.1 Å². The number of hydrogen-bond acceptors (Lipinski definition) is 6. The number of para-hydroxylation sites is 1. The van der Waals surface area contributed by atoms with Gasteiger partial charge in [-0.3, -0.25) is 4.79 Å². The Bertz CT molecular complexity index is 1240. The Kier molecular flexibility index (Phi) is 7.66. The van der Waals surface area contributed by atoms with Gasteiger partial charge in [0.2, 0.25) is 5.91 Å². The molecule has 8 heteroatoms. The number of pyridine rings is 1. The first kappa shape index (κ1) is 26.5. The number of halogens is 1. The summed E-state index contributed by atoms with van der Waals surface area (Å²) in [4.78, 5) is 31.5. The van der Waals surface area contributed by atoms with Crippen molar-refractivity contribution in [3.63, 3.8) is 0 Å². The Hall–Kier alpha value is -3.06. The van der Waals surface area contributed by atoms with Crippen molar-refractivity contribution in [2.24, 2.45) is 4.99 Å². The number of aliphatic imine (C=N–C) groups is 1. The number of aromatic nitrogens is 1. The first-order chi connectivity index (χ1) is 18.3. The monoisotopic (exact) mass is 534 g/mol. The molecule has 0 spiro atoms. The summed E-state index contributed by atoms with van der Waals surface area (Å²) >= 11 is 7.00. The highest BCUT2D eigenvalue weighted by molar-refractivity contribution is 6.33. The number of hydrogen-bond donors (Lipinski definition) is 0. The van der Waals surface area contributed by atoms with E-state index in [4.69, 9.17) is 21.6 Å². The normalized spacial score (nSPS) is 21.9. The number of piperidine rings is 1. The highest BCUT2D eigenvalue weighted by Crippen LogP contribution is 2.41. The van der Waals surface area contributed by atoms with Crippen molar-refractivity contribution in [3.8, 4) is 0 Å². The number of amides is 1. The van der Waals surface area contributed by atoms with Crippen LogP contribution in [0.1, 0.15) is 64.0 Å². The quantitative estimate of drug-likeness (QED) is 0.463. The molecule has 3 aliphatic rings. The number of anilines is 3. The molecule has 4 heterocycles. The number of amidine groups is 1. The van der Waals surface area contributed by atoms with Crippen LogP contribution in [0.4, 0.5) is 17.3 Å². The van der Waals surface area contributed by atoms with Gasteiger partial charge in [-0.05, 0) is 62.8 Å². The van der Waals surface area contributed by atoms with Gasteiger partial charge in [0.25, 0.3) is 0 Å². The zero-order valence-corrected chi connectivity index (χ0v) is 23.8. The van der Waals surface area contributed by atoms with Crippen LogP contribution in [0.15, 0.2) is 48.0 Å². The fourth-order valence-corrected chi connectivity index (χ4v) is 6.26. The molecule has 0 saturated carbocycles. The number of fused-ring (bicyclic) bond motifs is 1. The van der Waals surface area contributed by atoms with Gasteiger partial charge in [0, 0.05) is 44.0 Å². The van der Waals surface area contributed by atoms with E-state index < -0.39 is 0 Å². The van der Waals surface area contributed by atoms with Gasteiger partial charge in [0.05, 0.1) is 10.6 Å². The molecular weight excluding hydrogens is 496 g/mol. The third kappa shape index (κ3) is 4.89. The van der Waals surface area contributed by atoms with E-state index in [1.807, 2.05) is 4.90 Å². The van der Waals surface area contributed by atoms with Crippen LogP contribution in [-0.2, 0) is 4.79 Å². The van der Waals surface area contributed by atoms with E-state index in [-0.39, 0.29) is 11.9 Å². The molecule has 1 amide bonds. The summed E-state index contributed by atoms with van der Waals surface area (Å²) in [6.07, 6.45) is 4.93. The third-order valence-corrected chi connectivity index (χ3v) is 8.38. The largest absolute Gasteiger partial charge is 0.353 e. The number of carbonyl (C=O) groups excluding carboxylic acids is 1. The Labute approximate surface area is 231 Å². The maximum absolute atomic E-state index is 12.3. The first-order valence-electron chi connectivity index (χ1n) is 13.9. The first-order valence-corrected chi connectivity index (χ1v) is 14.2. The molecule has 1 aromatic carbocycles. The van der Waals surface area contributed by atoms with Gasteiger partial charge in [0.1, 0.15) is 24.1 Å². The highest BCUT2D eigenvalue weighted by atomic mass is 35.5. The molecule has 7 nitrogen and oxygen atoms in total. The van der Waals surface area contributed by atoms with Crippen LogP contribution in [0.25, 0.3) is 0 Å². The minimum absolute atomic E-state index is 0.0241. The van der Waals surface area contributed by atoms with Crippen LogP contribution >= 0.6 is 11.6 Å². The van der Waals surface area contributed by atoms with Crippen molar-refractivity contribution in [3.05, 3.63) is 59.1 Å². The molecular formula is C30H39ClN6O. The van der Waals surface area contributed by atoms with Gasteiger partial charge in [-0.25, -0.2) is 9.98 Å². The smallest absolute Gasteiger partial charge is 0.246 e. The molecule has 2 fully saturated rings. The third-order valence-electron chi connectivity index (χ3n) is 8.11.